The molecule has 0 aliphatic carbocycles. The zero-order valence-corrected chi connectivity index (χ0v) is 14.1. The molecule has 0 radical (unpaired) electrons. The van der Waals surface area contributed by atoms with E-state index in [2.05, 4.69) is 15.3 Å². The molecule has 0 aliphatic rings. The van der Waals surface area contributed by atoms with Gasteiger partial charge in [-0.25, -0.2) is 14.8 Å². The van der Waals surface area contributed by atoms with Crippen LogP contribution < -0.4 is 10.1 Å². The van der Waals surface area contributed by atoms with E-state index < -0.39 is 11.7 Å². The van der Waals surface area contributed by atoms with E-state index in [1.165, 1.54) is 18.5 Å². The van der Waals surface area contributed by atoms with Gasteiger partial charge in [0.1, 0.15) is 17.4 Å². The molecule has 124 valence electrons. The number of halogens is 1. The molecule has 8 heteroatoms. The third-order valence-electron chi connectivity index (χ3n) is 2.55. The van der Waals surface area contributed by atoms with Gasteiger partial charge in [0, 0.05) is 18.1 Å². The first-order valence-electron chi connectivity index (χ1n) is 6.97. The lowest BCUT2D eigenvalue weighted by molar-refractivity contribution is 0.0636. The summed E-state index contributed by atoms with van der Waals surface area (Å²) in [5.41, 5.74) is -0.109. The van der Waals surface area contributed by atoms with Crippen molar-refractivity contribution in [1.29, 1.82) is 5.26 Å². The molecule has 0 saturated heterocycles. The van der Waals surface area contributed by atoms with Gasteiger partial charge < -0.3 is 9.47 Å². The first-order chi connectivity index (χ1) is 11.3. The van der Waals surface area contributed by atoms with Crippen molar-refractivity contribution in [2.75, 3.05) is 5.32 Å². The fourth-order valence-corrected chi connectivity index (χ4v) is 1.88. The van der Waals surface area contributed by atoms with E-state index in [4.69, 9.17) is 26.3 Å². The zero-order valence-electron chi connectivity index (χ0n) is 13.3. The summed E-state index contributed by atoms with van der Waals surface area (Å²) >= 11 is 6.14. The molecule has 0 unspecified atom stereocenters. The second kappa shape index (κ2) is 7.15. The molecule has 0 aliphatic heterocycles. The lowest BCUT2D eigenvalue weighted by Crippen LogP contribution is -2.27. The number of nitrogens with one attached hydrogen (secondary N) is 1. The number of aromatic nitrogens is 2. The van der Waals surface area contributed by atoms with Crippen molar-refractivity contribution in [3.63, 3.8) is 0 Å². The molecule has 0 spiro atoms. The van der Waals surface area contributed by atoms with Gasteiger partial charge in [-0.15, -0.1) is 0 Å². The maximum absolute atomic E-state index is 11.7. The van der Waals surface area contributed by atoms with Crippen molar-refractivity contribution in [1.82, 2.24) is 9.97 Å². The van der Waals surface area contributed by atoms with E-state index in [-0.39, 0.29) is 22.3 Å². The van der Waals surface area contributed by atoms with E-state index in [0.717, 1.165) is 0 Å². The number of carbonyl (C=O) groups is 1. The number of benzene rings is 1. The van der Waals surface area contributed by atoms with Crippen molar-refractivity contribution >= 4 is 23.4 Å². The van der Waals surface area contributed by atoms with Crippen LogP contribution in [0.2, 0.25) is 5.02 Å². The van der Waals surface area contributed by atoms with Crippen LogP contribution in [0, 0.1) is 11.3 Å². The minimum absolute atomic E-state index is 0.0459. The summed E-state index contributed by atoms with van der Waals surface area (Å²) in [4.78, 5) is 19.5. The first-order valence-corrected chi connectivity index (χ1v) is 7.35. The Hall–Kier alpha value is -2.85. The molecule has 0 bridgehead atoms. The Morgan fingerprint density at radius 3 is 2.62 bits per heavy atom. The molecule has 1 amide bonds. The number of rotatable bonds is 3. The molecular formula is C16H15ClN4O3. The Morgan fingerprint density at radius 1 is 1.29 bits per heavy atom. The van der Waals surface area contributed by atoms with Gasteiger partial charge in [-0.2, -0.15) is 5.26 Å². The third kappa shape index (κ3) is 4.83. The van der Waals surface area contributed by atoms with Crippen LogP contribution in [0.3, 0.4) is 0 Å². The highest BCUT2D eigenvalue weighted by Crippen LogP contribution is 2.31. The minimum atomic E-state index is -0.601. The Bertz CT molecular complexity index is 797. The van der Waals surface area contributed by atoms with Crippen LogP contribution in [0.4, 0.5) is 10.5 Å². The van der Waals surface area contributed by atoms with E-state index in [9.17, 15) is 4.79 Å². The summed E-state index contributed by atoms with van der Waals surface area (Å²) in [7, 11) is 0. The summed E-state index contributed by atoms with van der Waals surface area (Å²) in [5, 5.41) is 11.8. The normalized spacial score (nSPS) is 10.6. The molecule has 1 N–H and O–H groups in total. The molecule has 1 aromatic carbocycles. The molecule has 2 rings (SSSR count). The van der Waals surface area contributed by atoms with Crippen LogP contribution in [0.25, 0.3) is 0 Å². The highest BCUT2D eigenvalue weighted by atomic mass is 35.5. The number of hydrogen-bond donors (Lipinski definition) is 1. The van der Waals surface area contributed by atoms with Gasteiger partial charge in [0.25, 0.3) is 5.88 Å². The number of hydrogen-bond acceptors (Lipinski definition) is 6. The first kappa shape index (κ1) is 17.5. The Morgan fingerprint density at radius 2 is 2.00 bits per heavy atom. The highest BCUT2D eigenvalue weighted by molar-refractivity contribution is 6.32. The van der Waals surface area contributed by atoms with E-state index >= 15 is 0 Å². The number of anilines is 1. The molecule has 0 fully saturated rings. The molecule has 1 aromatic heterocycles. The van der Waals surface area contributed by atoms with E-state index in [1.54, 1.807) is 32.9 Å². The Labute approximate surface area is 144 Å². The zero-order chi connectivity index (χ0) is 17.7. The van der Waals surface area contributed by atoms with Crippen LogP contribution >= 0.6 is 11.6 Å². The minimum Gasteiger partial charge on any atom is -0.444 e. The maximum Gasteiger partial charge on any atom is 0.412 e. The van der Waals surface area contributed by atoms with Gasteiger partial charge in [-0.1, -0.05) is 11.6 Å². The van der Waals surface area contributed by atoms with Crippen molar-refractivity contribution < 1.29 is 14.3 Å². The summed E-state index contributed by atoms with van der Waals surface area (Å²) < 4.78 is 10.7. The summed E-state index contributed by atoms with van der Waals surface area (Å²) in [6.07, 6.45) is 2.21. The standard InChI is InChI=1S/C16H15ClN4O3/c1-16(2,3)24-15(22)21-10-4-5-13(11(17)8-10)23-14-12(9-18)19-6-7-20-14/h4-8H,1-3H3,(H,21,22). The second-order valence-electron chi connectivity index (χ2n) is 5.70. The molecule has 7 nitrogen and oxygen atoms in total. The summed E-state index contributed by atoms with van der Waals surface area (Å²) in [5.74, 6) is 0.332. The maximum atomic E-state index is 11.7. The fraction of sp³-hybridized carbons (Fsp3) is 0.250. The lowest BCUT2D eigenvalue weighted by Gasteiger charge is -2.19. The van der Waals surface area contributed by atoms with Gasteiger partial charge in [0.05, 0.1) is 5.02 Å². The van der Waals surface area contributed by atoms with Crippen LogP contribution in [0.5, 0.6) is 11.6 Å². The SMILES string of the molecule is CC(C)(C)OC(=O)Nc1ccc(Oc2nccnc2C#N)c(Cl)c1. The Balaban J connectivity index is 2.13. The fourth-order valence-electron chi connectivity index (χ4n) is 1.66. The smallest absolute Gasteiger partial charge is 0.412 e. The Kier molecular flexibility index (Phi) is 5.21. The monoisotopic (exact) mass is 346 g/mol. The van der Waals surface area contributed by atoms with Gasteiger partial charge in [-0.3, -0.25) is 5.32 Å². The van der Waals surface area contributed by atoms with Gasteiger partial charge in [0.2, 0.25) is 5.69 Å². The molecule has 2 aromatic rings. The van der Waals surface area contributed by atoms with Crippen LogP contribution in [-0.2, 0) is 4.74 Å². The summed E-state index contributed by atoms with van der Waals surface area (Å²) in [6.45, 7) is 5.30. The molecule has 24 heavy (non-hydrogen) atoms. The number of amides is 1. The van der Waals surface area contributed by atoms with Crippen LogP contribution in [0.15, 0.2) is 30.6 Å². The van der Waals surface area contributed by atoms with Gasteiger partial charge >= 0.3 is 6.09 Å². The molecule has 1 heterocycles. The number of carbonyl (C=O) groups excluding carboxylic acids is 1. The average Bonchev–Trinajstić information content (AvgIpc) is 2.48. The lowest BCUT2D eigenvalue weighted by atomic mass is 10.2. The summed E-state index contributed by atoms with van der Waals surface area (Å²) in [6, 6.07) is 6.52. The van der Waals surface area contributed by atoms with Crippen molar-refractivity contribution in [2.24, 2.45) is 0 Å². The number of nitrogens with zero attached hydrogens (tertiary/aromatic N) is 3. The quantitative estimate of drug-likeness (QED) is 0.896. The van der Waals surface area contributed by atoms with Crippen molar-refractivity contribution in [3.05, 3.63) is 41.3 Å². The predicted molar refractivity (Wildman–Crippen MR) is 88.1 cm³/mol. The van der Waals surface area contributed by atoms with Crippen molar-refractivity contribution in [2.45, 2.75) is 26.4 Å². The van der Waals surface area contributed by atoms with Crippen LogP contribution in [0.1, 0.15) is 26.5 Å². The number of ether oxygens (including phenoxy) is 2. The van der Waals surface area contributed by atoms with E-state index in [1.807, 2.05) is 6.07 Å². The van der Waals surface area contributed by atoms with Crippen LogP contribution in [-0.4, -0.2) is 21.7 Å². The molecule has 0 saturated carbocycles. The van der Waals surface area contributed by atoms with Gasteiger partial charge in [0.15, 0.2) is 0 Å². The second-order valence-corrected chi connectivity index (χ2v) is 6.10. The van der Waals surface area contributed by atoms with E-state index in [0.29, 0.717) is 5.69 Å². The number of nitriles is 1. The predicted octanol–water partition coefficient (Wildman–Crippen LogP) is 4.14. The van der Waals surface area contributed by atoms with Gasteiger partial charge in [-0.05, 0) is 39.0 Å². The largest absolute Gasteiger partial charge is 0.444 e. The third-order valence-corrected chi connectivity index (χ3v) is 2.85. The van der Waals surface area contributed by atoms with Crippen molar-refractivity contribution in [3.8, 4) is 17.7 Å². The highest BCUT2D eigenvalue weighted by Gasteiger charge is 2.17. The average molecular weight is 347 g/mol. The topological polar surface area (TPSA) is 97.1 Å². The molecular weight excluding hydrogens is 332 g/mol. The molecule has 0 atom stereocenters.